The van der Waals surface area contributed by atoms with E-state index in [0.717, 1.165) is 57.9 Å². The van der Waals surface area contributed by atoms with Crippen LogP contribution < -0.4 is 5.32 Å². The summed E-state index contributed by atoms with van der Waals surface area (Å²) in [4.78, 5) is 21.2. The van der Waals surface area contributed by atoms with Crippen LogP contribution in [0.15, 0.2) is 4.99 Å². The summed E-state index contributed by atoms with van der Waals surface area (Å²) in [7, 11) is 1.84. The molecule has 0 radical (unpaired) electrons. The molecule has 0 bridgehead atoms. The number of rotatable bonds is 5. The summed E-state index contributed by atoms with van der Waals surface area (Å²) in [6, 6.07) is 0. The highest BCUT2D eigenvalue weighted by Gasteiger charge is 2.30. The third-order valence-electron chi connectivity index (χ3n) is 4.49. The number of likely N-dealkylation sites (tertiary alicyclic amines) is 1. The number of aliphatic imine (C=N–C) groups is 1. The number of nitrogens with zero attached hydrogens (tertiary/aromatic N) is 3. The number of ether oxygens (including phenoxy) is 1. The number of morpholine rings is 1. The summed E-state index contributed by atoms with van der Waals surface area (Å²) in [6.45, 7) is 5.62. The summed E-state index contributed by atoms with van der Waals surface area (Å²) in [5, 5.41) is 3.43. The molecular weight excluding hydrogens is 312 g/mol. The Balaban J connectivity index is 1.74. The van der Waals surface area contributed by atoms with E-state index >= 15 is 0 Å². The summed E-state index contributed by atoms with van der Waals surface area (Å²) in [5.41, 5.74) is 0. The van der Waals surface area contributed by atoms with Gasteiger partial charge >= 0.3 is 0 Å². The zero-order chi connectivity index (χ0) is 16.5. The van der Waals surface area contributed by atoms with Crippen molar-refractivity contribution in [2.45, 2.75) is 19.3 Å². The molecule has 2 fully saturated rings. The minimum Gasteiger partial charge on any atom is -0.378 e. The predicted octanol–water partition coefficient (Wildman–Crippen LogP) is 0.886. The normalized spacial score (nSPS) is 20.7. The van der Waals surface area contributed by atoms with E-state index in [-0.39, 0.29) is 5.92 Å². The van der Waals surface area contributed by atoms with Gasteiger partial charge in [-0.3, -0.25) is 9.79 Å². The summed E-state index contributed by atoms with van der Waals surface area (Å²) >= 11 is 1.87. The van der Waals surface area contributed by atoms with Gasteiger partial charge < -0.3 is 19.9 Å². The number of carbonyl (C=O) groups excluding carboxylic acids is 1. The molecule has 0 unspecified atom stereocenters. The number of carbonyl (C=O) groups is 1. The molecule has 0 aliphatic carbocycles. The van der Waals surface area contributed by atoms with Crippen LogP contribution in [0, 0.1) is 5.92 Å². The van der Waals surface area contributed by atoms with Crippen LogP contribution in [0.5, 0.6) is 0 Å². The van der Waals surface area contributed by atoms with Gasteiger partial charge in [0.25, 0.3) is 0 Å². The van der Waals surface area contributed by atoms with Crippen LogP contribution in [0.25, 0.3) is 0 Å². The quantitative estimate of drug-likeness (QED) is 0.457. The minimum atomic E-state index is 0.166. The summed E-state index contributed by atoms with van der Waals surface area (Å²) in [5.74, 6) is 2.62. The van der Waals surface area contributed by atoms with Gasteiger partial charge in [-0.25, -0.2) is 0 Å². The molecule has 0 saturated carbocycles. The highest BCUT2D eigenvalue weighted by Crippen LogP contribution is 2.20. The molecule has 0 aromatic rings. The fraction of sp³-hybridized carbons (Fsp3) is 0.875. The van der Waals surface area contributed by atoms with E-state index in [2.05, 4.69) is 21.5 Å². The standard InChI is InChI=1S/C16H30N4O2S/c1-17-16(18-6-3-13-23-2)20-7-4-14(5-8-20)15(21)19-9-11-22-12-10-19/h14H,3-13H2,1-2H3,(H,17,18). The lowest BCUT2D eigenvalue weighted by Gasteiger charge is -2.36. The number of thioether (sulfide) groups is 1. The monoisotopic (exact) mass is 342 g/mol. The van der Waals surface area contributed by atoms with E-state index in [1.807, 2.05) is 23.7 Å². The van der Waals surface area contributed by atoms with E-state index in [4.69, 9.17) is 4.74 Å². The van der Waals surface area contributed by atoms with Crippen molar-refractivity contribution in [1.29, 1.82) is 0 Å². The molecular formula is C16H30N4O2S. The Kier molecular flexibility index (Phi) is 8.02. The van der Waals surface area contributed by atoms with Gasteiger partial charge in [-0.1, -0.05) is 0 Å². The summed E-state index contributed by atoms with van der Waals surface area (Å²) in [6.07, 6.45) is 5.11. The first kappa shape index (κ1) is 18.4. The van der Waals surface area contributed by atoms with Gasteiger partial charge in [0, 0.05) is 45.7 Å². The third-order valence-corrected chi connectivity index (χ3v) is 5.18. The van der Waals surface area contributed by atoms with Crippen molar-refractivity contribution in [3.05, 3.63) is 0 Å². The first-order chi connectivity index (χ1) is 11.3. The Morgan fingerprint density at radius 2 is 1.91 bits per heavy atom. The number of guanidine groups is 1. The molecule has 1 N–H and O–H groups in total. The molecule has 2 aliphatic heterocycles. The maximum atomic E-state index is 12.5. The van der Waals surface area contributed by atoms with Crippen LogP contribution in [-0.2, 0) is 9.53 Å². The van der Waals surface area contributed by atoms with Gasteiger partial charge in [-0.15, -0.1) is 0 Å². The van der Waals surface area contributed by atoms with E-state index < -0.39 is 0 Å². The molecule has 0 atom stereocenters. The fourth-order valence-electron chi connectivity index (χ4n) is 3.13. The molecule has 0 spiro atoms. The van der Waals surface area contributed by atoms with Crippen molar-refractivity contribution in [2.75, 3.05) is 65.0 Å². The number of hydrogen-bond donors (Lipinski definition) is 1. The van der Waals surface area contributed by atoms with Gasteiger partial charge in [0.2, 0.25) is 5.91 Å². The van der Waals surface area contributed by atoms with Gasteiger partial charge in [0.15, 0.2) is 5.96 Å². The van der Waals surface area contributed by atoms with Crippen molar-refractivity contribution in [2.24, 2.45) is 10.9 Å². The Labute approximate surface area is 144 Å². The van der Waals surface area contributed by atoms with Crippen LogP contribution in [0.1, 0.15) is 19.3 Å². The van der Waals surface area contributed by atoms with Gasteiger partial charge in [0.1, 0.15) is 0 Å². The average molecular weight is 343 g/mol. The predicted molar refractivity (Wildman–Crippen MR) is 96.1 cm³/mol. The SMILES string of the molecule is CN=C(NCCCSC)N1CCC(C(=O)N2CCOCC2)CC1. The van der Waals surface area contributed by atoms with Crippen LogP contribution >= 0.6 is 11.8 Å². The lowest BCUT2D eigenvalue weighted by Crippen LogP contribution is -2.50. The molecule has 0 aromatic carbocycles. The maximum absolute atomic E-state index is 12.5. The minimum absolute atomic E-state index is 0.166. The Hall–Kier alpha value is -0.950. The Morgan fingerprint density at radius 3 is 2.52 bits per heavy atom. The maximum Gasteiger partial charge on any atom is 0.225 e. The van der Waals surface area contributed by atoms with Gasteiger partial charge in [-0.2, -0.15) is 11.8 Å². The number of piperidine rings is 1. The Morgan fingerprint density at radius 1 is 1.22 bits per heavy atom. The zero-order valence-corrected chi connectivity index (χ0v) is 15.2. The van der Waals surface area contributed by atoms with E-state index in [0.29, 0.717) is 19.1 Å². The van der Waals surface area contributed by atoms with Crippen molar-refractivity contribution in [1.82, 2.24) is 15.1 Å². The molecule has 23 heavy (non-hydrogen) atoms. The van der Waals surface area contributed by atoms with Crippen LogP contribution in [-0.4, -0.2) is 86.7 Å². The summed E-state index contributed by atoms with van der Waals surface area (Å²) < 4.78 is 5.33. The Bertz CT molecular complexity index is 392. The van der Waals surface area contributed by atoms with Crippen LogP contribution in [0.2, 0.25) is 0 Å². The molecule has 2 aliphatic rings. The highest BCUT2D eigenvalue weighted by atomic mass is 32.2. The average Bonchev–Trinajstić information content (AvgIpc) is 2.62. The smallest absolute Gasteiger partial charge is 0.225 e. The highest BCUT2D eigenvalue weighted by molar-refractivity contribution is 7.98. The van der Waals surface area contributed by atoms with Crippen molar-refractivity contribution >= 4 is 23.6 Å². The topological polar surface area (TPSA) is 57.2 Å². The van der Waals surface area contributed by atoms with Crippen LogP contribution in [0.3, 0.4) is 0 Å². The van der Waals surface area contributed by atoms with Crippen molar-refractivity contribution in [3.63, 3.8) is 0 Å². The number of nitrogens with one attached hydrogen (secondary N) is 1. The second kappa shape index (κ2) is 10.0. The van der Waals surface area contributed by atoms with E-state index in [1.54, 1.807) is 0 Å². The first-order valence-electron chi connectivity index (χ1n) is 8.57. The number of hydrogen-bond acceptors (Lipinski definition) is 4. The van der Waals surface area contributed by atoms with Crippen molar-refractivity contribution < 1.29 is 9.53 Å². The molecule has 7 heteroatoms. The lowest BCUT2D eigenvalue weighted by molar-refractivity contribution is -0.140. The molecule has 132 valence electrons. The first-order valence-corrected chi connectivity index (χ1v) is 9.96. The second-order valence-corrected chi connectivity index (χ2v) is 7.00. The second-order valence-electron chi connectivity index (χ2n) is 6.02. The molecule has 0 aromatic heterocycles. The van der Waals surface area contributed by atoms with Gasteiger partial charge in [-0.05, 0) is 31.3 Å². The molecule has 6 nitrogen and oxygen atoms in total. The van der Waals surface area contributed by atoms with Gasteiger partial charge in [0.05, 0.1) is 13.2 Å². The fourth-order valence-corrected chi connectivity index (χ4v) is 3.56. The molecule has 2 heterocycles. The van der Waals surface area contributed by atoms with E-state index in [9.17, 15) is 4.79 Å². The lowest BCUT2D eigenvalue weighted by atomic mass is 9.95. The van der Waals surface area contributed by atoms with E-state index in [1.165, 1.54) is 5.75 Å². The van der Waals surface area contributed by atoms with Crippen molar-refractivity contribution in [3.8, 4) is 0 Å². The molecule has 2 rings (SSSR count). The molecule has 2 saturated heterocycles. The largest absolute Gasteiger partial charge is 0.378 e. The number of amides is 1. The van der Waals surface area contributed by atoms with Crippen LogP contribution in [0.4, 0.5) is 0 Å². The molecule has 1 amide bonds. The third kappa shape index (κ3) is 5.57. The zero-order valence-electron chi connectivity index (χ0n) is 14.4.